The lowest BCUT2D eigenvalue weighted by molar-refractivity contribution is 0.0712. The third-order valence-corrected chi connectivity index (χ3v) is 3.04. The van der Waals surface area contributed by atoms with Gasteiger partial charge in [0.15, 0.2) is 0 Å². The minimum absolute atomic E-state index is 0.235. The van der Waals surface area contributed by atoms with Crippen LogP contribution in [0.15, 0.2) is 30.3 Å². The second kappa shape index (κ2) is 8.26. The molecule has 1 aromatic carbocycles. The molecule has 0 aliphatic carbocycles. The van der Waals surface area contributed by atoms with E-state index >= 15 is 0 Å². The largest absolute Gasteiger partial charge is 0.388 e. The highest BCUT2D eigenvalue weighted by Crippen LogP contribution is 2.23. The predicted octanol–water partition coefficient (Wildman–Crippen LogP) is 3.56. The monoisotopic (exact) mass is 236 g/mol. The second-order valence-corrected chi connectivity index (χ2v) is 4.59. The Morgan fingerprint density at radius 2 is 1.88 bits per heavy atom. The maximum atomic E-state index is 10.1. The van der Waals surface area contributed by atoms with Gasteiger partial charge < -0.3 is 9.84 Å². The summed E-state index contributed by atoms with van der Waals surface area (Å²) in [4.78, 5) is 0. The molecule has 1 N–H and O–H groups in total. The van der Waals surface area contributed by atoms with Crippen LogP contribution in [0.4, 0.5) is 0 Å². The molecule has 1 rings (SSSR count). The van der Waals surface area contributed by atoms with E-state index in [0.717, 1.165) is 31.6 Å². The van der Waals surface area contributed by atoms with E-state index in [2.05, 4.69) is 13.8 Å². The Morgan fingerprint density at radius 1 is 1.18 bits per heavy atom. The minimum Gasteiger partial charge on any atom is -0.388 e. The van der Waals surface area contributed by atoms with Gasteiger partial charge in [-0.15, -0.1) is 0 Å². The quantitative estimate of drug-likeness (QED) is 0.699. The van der Waals surface area contributed by atoms with Crippen LogP contribution in [0.5, 0.6) is 0 Å². The van der Waals surface area contributed by atoms with Crippen molar-refractivity contribution in [3.05, 3.63) is 35.9 Å². The molecule has 0 aliphatic heterocycles. The summed E-state index contributed by atoms with van der Waals surface area (Å²) in [6, 6.07) is 9.83. The molecule has 17 heavy (non-hydrogen) atoms. The van der Waals surface area contributed by atoms with Crippen molar-refractivity contribution in [2.24, 2.45) is 5.92 Å². The second-order valence-electron chi connectivity index (χ2n) is 4.59. The zero-order chi connectivity index (χ0) is 12.5. The van der Waals surface area contributed by atoms with E-state index in [-0.39, 0.29) is 12.0 Å². The lowest BCUT2D eigenvalue weighted by Crippen LogP contribution is -2.12. The Morgan fingerprint density at radius 3 is 2.53 bits per heavy atom. The van der Waals surface area contributed by atoms with Gasteiger partial charge in [0, 0.05) is 13.2 Å². The highest BCUT2D eigenvalue weighted by atomic mass is 16.5. The third kappa shape index (κ3) is 5.33. The predicted molar refractivity (Wildman–Crippen MR) is 70.9 cm³/mol. The van der Waals surface area contributed by atoms with Gasteiger partial charge in [-0.05, 0) is 24.3 Å². The van der Waals surface area contributed by atoms with Crippen molar-refractivity contribution in [3.63, 3.8) is 0 Å². The fourth-order valence-corrected chi connectivity index (χ4v) is 1.75. The zero-order valence-electron chi connectivity index (χ0n) is 10.9. The first kappa shape index (κ1) is 14.2. The number of aliphatic hydroxyl groups excluding tert-OH is 1. The third-order valence-electron chi connectivity index (χ3n) is 3.04. The average molecular weight is 236 g/mol. The molecule has 2 atom stereocenters. The van der Waals surface area contributed by atoms with Gasteiger partial charge in [-0.3, -0.25) is 0 Å². The standard InChI is InChI=1S/C15H24O2/c1-3-4-11-17-12-10-13(2)15(16)14-8-6-5-7-9-14/h5-9,13,15-16H,3-4,10-12H2,1-2H3. The Kier molecular flexibility index (Phi) is 6.90. The number of benzene rings is 1. The van der Waals surface area contributed by atoms with Gasteiger partial charge in [-0.1, -0.05) is 50.6 Å². The molecule has 0 aliphatic rings. The Hall–Kier alpha value is -0.860. The topological polar surface area (TPSA) is 29.5 Å². The van der Waals surface area contributed by atoms with Gasteiger partial charge in [-0.25, -0.2) is 0 Å². The zero-order valence-corrected chi connectivity index (χ0v) is 10.9. The summed E-state index contributed by atoms with van der Waals surface area (Å²) < 4.78 is 5.52. The lowest BCUT2D eigenvalue weighted by Gasteiger charge is -2.19. The van der Waals surface area contributed by atoms with Crippen molar-refractivity contribution in [3.8, 4) is 0 Å². The molecular weight excluding hydrogens is 212 g/mol. The van der Waals surface area contributed by atoms with Crippen LogP contribution in [-0.4, -0.2) is 18.3 Å². The van der Waals surface area contributed by atoms with Gasteiger partial charge in [-0.2, -0.15) is 0 Å². The van der Waals surface area contributed by atoms with E-state index in [0.29, 0.717) is 0 Å². The first-order valence-electron chi connectivity index (χ1n) is 6.56. The molecule has 0 heterocycles. The number of unbranched alkanes of at least 4 members (excludes halogenated alkanes) is 1. The van der Waals surface area contributed by atoms with Crippen molar-refractivity contribution in [2.75, 3.05) is 13.2 Å². The Balaban J connectivity index is 2.25. The molecule has 1 aromatic rings. The molecule has 0 spiro atoms. The van der Waals surface area contributed by atoms with Crippen LogP contribution < -0.4 is 0 Å². The minimum atomic E-state index is -0.383. The summed E-state index contributed by atoms with van der Waals surface area (Å²) in [5.41, 5.74) is 0.994. The van der Waals surface area contributed by atoms with Gasteiger partial charge in [0.2, 0.25) is 0 Å². The first-order valence-corrected chi connectivity index (χ1v) is 6.56. The lowest BCUT2D eigenvalue weighted by atomic mass is 9.95. The SMILES string of the molecule is CCCCOCCC(C)C(O)c1ccccc1. The molecule has 0 amide bonds. The molecule has 2 heteroatoms. The number of ether oxygens (including phenoxy) is 1. The van der Waals surface area contributed by atoms with Crippen LogP contribution in [0, 0.1) is 5.92 Å². The summed E-state index contributed by atoms with van der Waals surface area (Å²) in [6.45, 7) is 5.81. The average Bonchev–Trinajstić information content (AvgIpc) is 2.38. The Labute approximate surface area is 105 Å². The molecule has 0 radical (unpaired) electrons. The highest BCUT2D eigenvalue weighted by Gasteiger charge is 2.15. The summed E-state index contributed by atoms with van der Waals surface area (Å²) in [7, 11) is 0. The Bertz CT molecular complexity index is 284. The summed E-state index contributed by atoms with van der Waals surface area (Å²) >= 11 is 0. The van der Waals surface area contributed by atoms with E-state index in [1.807, 2.05) is 30.3 Å². The molecule has 96 valence electrons. The molecular formula is C15H24O2. The molecule has 0 bridgehead atoms. The smallest absolute Gasteiger partial charge is 0.0816 e. The van der Waals surface area contributed by atoms with Crippen LogP contribution in [0.3, 0.4) is 0 Å². The number of rotatable bonds is 8. The fourth-order valence-electron chi connectivity index (χ4n) is 1.75. The molecule has 0 aromatic heterocycles. The molecule has 2 nitrogen and oxygen atoms in total. The normalized spacial score (nSPS) is 14.5. The van der Waals surface area contributed by atoms with E-state index < -0.39 is 0 Å². The first-order chi connectivity index (χ1) is 8.25. The number of aliphatic hydroxyl groups is 1. The summed E-state index contributed by atoms with van der Waals surface area (Å²) in [5, 5.41) is 10.1. The van der Waals surface area contributed by atoms with Crippen molar-refractivity contribution in [2.45, 2.75) is 39.2 Å². The fraction of sp³-hybridized carbons (Fsp3) is 0.600. The van der Waals surface area contributed by atoms with Crippen LogP contribution in [-0.2, 0) is 4.74 Å². The van der Waals surface area contributed by atoms with Crippen LogP contribution >= 0.6 is 0 Å². The van der Waals surface area contributed by atoms with Crippen LogP contribution in [0.1, 0.15) is 44.8 Å². The molecule has 2 unspecified atom stereocenters. The maximum Gasteiger partial charge on any atom is 0.0816 e. The van der Waals surface area contributed by atoms with Gasteiger partial charge in [0.1, 0.15) is 0 Å². The van der Waals surface area contributed by atoms with Crippen molar-refractivity contribution in [1.82, 2.24) is 0 Å². The molecule has 0 fully saturated rings. The van der Waals surface area contributed by atoms with E-state index in [1.54, 1.807) is 0 Å². The number of hydrogen-bond donors (Lipinski definition) is 1. The molecule has 0 saturated heterocycles. The van der Waals surface area contributed by atoms with Crippen molar-refractivity contribution in [1.29, 1.82) is 0 Å². The van der Waals surface area contributed by atoms with Crippen molar-refractivity contribution >= 4 is 0 Å². The van der Waals surface area contributed by atoms with Crippen molar-refractivity contribution < 1.29 is 9.84 Å². The van der Waals surface area contributed by atoms with Gasteiger partial charge in [0.25, 0.3) is 0 Å². The summed E-state index contributed by atoms with van der Waals surface area (Å²) in [6.07, 6.45) is 2.81. The van der Waals surface area contributed by atoms with Crippen LogP contribution in [0.25, 0.3) is 0 Å². The molecule has 0 saturated carbocycles. The van der Waals surface area contributed by atoms with Gasteiger partial charge >= 0.3 is 0 Å². The summed E-state index contributed by atoms with van der Waals surface area (Å²) in [5.74, 6) is 0.235. The van der Waals surface area contributed by atoms with E-state index in [9.17, 15) is 5.11 Å². The highest BCUT2D eigenvalue weighted by molar-refractivity contribution is 5.17. The number of hydrogen-bond acceptors (Lipinski definition) is 2. The van der Waals surface area contributed by atoms with E-state index in [1.165, 1.54) is 6.42 Å². The maximum absolute atomic E-state index is 10.1. The van der Waals surface area contributed by atoms with E-state index in [4.69, 9.17) is 4.74 Å². The van der Waals surface area contributed by atoms with Crippen LogP contribution in [0.2, 0.25) is 0 Å². The van der Waals surface area contributed by atoms with Gasteiger partial charge in [0.05, 0.1) is 6.10 Å².